The first-order valence-electron chi connectivity index (χ1n) is 7.95. The lowest BCUT2D eigenvalue weighted by Crippen LogP contribution is -2.54. The number of pyridine rings is 1. The molecule has 0 saturated carbocycles. The largest absolute Gasteiger partial charge is 0.290 e. The van der Waals surface area contributed by atoms with Crippen molar-refractivity contribution in [2.24, 2.45) is 0 Å². The highest BCUT2D eigenvalue weighted by Gasteiger charge is 2.53. The van der Waals surface area contributed by atoms with Crippen molar-refractivity contribution in [3.05, 3.63) is 65.3 Å². The van der Waals surface area contributed by atoms with Crippen molar-refractivity contribution < 1.29 is 9.59 Å². The average Bonchev–Trinajstić information content (AvgIpc) is 2.65. The Hall–Kier alpha value is -2.17. The van der Waals surface area contributed by atoms with Gasteiger partial charge in [-0.15, -0.1) is 0 Å². The number of halogens is 2. The summed E-state index contributed by atoms with van der Waals surface area (Å²) in [6.07, 6.45) is 2.35. The summed E-state index contributed by atoms with van der Waals surface area (Å²) in [6.45, 7) is 1.86. The minimum absolute atomic E-state index is 0.0556. The van der Waals surface area contributed by atoms with Gasteiger partial charge >= 0.3 is 0 Å². The van der Waals surface area contributed by atoms with E-state index < -0.39 is 16.6 Å². The molecule has 2 heterocycles. The lowest BCUT2D eigenvalue weighted by atomic mass is 9.89. The highest BCUT2D eigenvalue weighted by atomic mass is 35.5. The monoisotopic (exact) mass is 374 g/mol. The van der Waals surface area contributed by atoms with Crippen LogP contribution >= 0.6 is 23.2 Å². The van der Waals surface area contributed by atoms with Crippen LogP contribution in [0, 0.1) is 0 Å². The van der Waals surface area contributed by atoms with Gasteiger partial charge in [-0.3, -0.25) is 14.5 Å². The molecule has 0 saturated heterocycles. The van der Waals surface area contributed by atoms with Gasteiger partial charge in [0.05, 0.1) is 5.70 Å². The van der Waals surface area contributed by atoms with Crippen LogP contribution in [0.25, 0.3) is 5.70 Å². The zero-order chi connectivity index (χ0) is 18.0. The summed E-state index contributed by atoms with van der Waals surface area (Å²) < 4.78 is 0. The standard InChI is InChI=1S/C19H16Cl2N2O2/c1-2-11-19(21)17(24)15(20)16(13-8-4-3-5-9-13)23(18(19)25)14-10-6-7-12-22-14/h3-10,12H,2,11H2,1H3. The SMILES string of the molecule is CCCC1(Cl)C(=O)C(Cl)=C(c2ccccc2)N(c2ccccn2)C1=O. The van der Waals surface area contributed by atoms with Crippen LogP contribution in [0.1, 0.15) is 25.3 Å². The second-order valence-corrected chi connectivity index (χ2v) is 6.76. The van der Waals surface area contributed by atoms with Crippen molar-refractivity contribution in [1.29, 1.82) is 0 Å². The summed E-state index contributed by atoms with van der Waals surface area (Å²) in [5.41, 5.74) is 0.957. The molecule has 1 aliphatic rings. The second kappa shape index (κ2) is 6.98. The molecule has 0 spiro atoms. The van der Waals surface area contributed by atoms with Gasteiger partial charge in [-0.05, 0) is 18.6 Å². The first-order chi connectivity index (χ1) is 12.0. The molecule has 0 bridgehead atoms. The van der Waals surface area contributed by atoms with Gasteiger partial charge in [0.2, 0.25) is 5.78 Å². The number of aromatic nitrogens is 1. The Morgan fingerprint density at radius 2 is 1.76 bits per heavy atom. The minimum Gasteiger partial charge on any atom is -0.290 e. The molecule has 6 heteroatoms. The van der Waals surface area contributed by atoms with Crippen molar-refractivity contribution in [2.45, 2.75) is 24.6 Å². The quantitative estimate of drug-likeness (QED) is 0.589. The molecular formula is C19H16Cl2N2O2. The third-order valence-electron chi connectivity index (χ3n) is 4.05. The fraction of sp³-hybridized carbons (Fsp3) is 0.211. The van der Waals surface area contributed by atoms with Crippen LogP contribution in [0.5, 0.6) is 0 Å². The third kappa shape index (κ3) is 2.96. The number of carbonyl (C=O) groups excluding carboxylic acids is 2. The molecular weight excluding hydrogens is 359 g/mol. The van der Waals surface area contributed by atoms with Crippen LogP contribution in [-0.4, -0.2) is 21.5 Å². The summed E-state index contributed by atoms with van der Waals surface area (Å²) in [5.74, 6) is -0.713. The number of nitrogens with zero attached hydrogens (tertiary/aromatic N) is 2. The van der Waals surface area contributed by atoms with Crippen LogP contribution < -0.4 is 4.90 Å². The molecule has 1 amide bonds. The fourth-order valence-corrected chi connectivity index (χ4v) is 3.65. The zero-order valence-corrected chi connectivity index (χ0v) is 15.1. The molecule has 1 unspecified atom stereocenters. The van der Waals surface area contributed by atoms with E-state index in [2.05, 4.69) is 4.98 Å². The Labute approximate surface area is 156 Å². The van der Waals surface area contributed by atoms with Gasteiger partial charge in [0.1, 0.15) is 10.9 Å². The molecule has 1 atom stereocenters. The number of allylic oxidation sites excluding steroid dienone is 1. The second-order valence-electron chi connectivity index (χ2n) is 5.74. The van der Waals surface area contributed by atoms with Crippen molar-refractivity contribution in [1.82, 2.24) is 4.98 Å². The van der Waals surface area contributed by atoms with Gasteiger partial charge in [-0.1, -0.05) is 72.9 Å². The molecule has 1 aliphatic heterocycles. The van der Waals surface area contributed by atoms with Gasteiger partial charge in [-0.2, -0.15) is 0 Å². The van der Waals surface area contributed by atoms with E-state index in [1.165, 1.54) is 4.90 Å². The Balaban J connectivity index is 2.26. The van der Waals surface area contributed by atoms with Crippen LogP contribution in [0.15, 0.2) is 59.8 Å². The topological polar surface area (TPSA) is 50.3 Å². The molecule has 1 aromatic carbocycles. The highest BCUT2D eigenvalue weighted by Crippen LogP contribution is 2.42. The Kier molecular flexibility index (Phi) is 4.93. The molecule has 2 aromatic rings. The summed E-state index contributed by atoms with van der Waals surface area (Å²) >= 11 is 12.9. The molecule has 4 nitrogen and oxygen atoms in total. The molecule has 25 heavy (non-hydrogen) atoms. The first kappa shape index (κ1) is 17.6. The summed E-state index contributed by atoms with van der Waals surface area (Å²) in [5, 5.41) is -0.0556. The summed E-state index contributed by atoms with van der Waals surface area (Å²) in [6, 6.07) is 14.2. The molecule has 1 aromatic heterocycles. The number of hydrogen-bond donors (Lipinski definition) is 0. The Bertz CT molecular complexity index is 837. The molecule has 0 radical (unpaired) electrons. The van der Waals surface area contributed by atoms with Crippen molar-refractivity contribution in [2.75, 3.05) is 4.90 Å². The smallest absolute Gasteiger partial charge is 0.262 e. The number of Topliss-reactive ketones (excluding diaryl/α,β-unsaturated/α-hetero) is 1. The van der Waals surface area contributed by atoms with E-state index in [4.69, 9.17) is 23.2 Å². The van der Waals surface area contributed by atoms with Crippen molar-refractivity contribution >= 4 is 46.4 Å². The van der Waals surface area contributed by atoms with E-state index in [1.807, 2.05) is 25.1 Å². The highest BCUT2D eigenvalue weighted by molar-refractivity contribution is 6.61. The van der Waals surface area contributed by atoms with Crippen LogP contribution in [-0.2, 0) is 9.59 Å². The van der Waals surface area contributed by atoms with Crippen molar-refractivity contribution in [3.8, 4) is 0 Å². The average molecular weight is 375 g/mol. The fourth-order valence-electron chi connectivity index (χ4n) is 2.88. The van der Waals surface area contributed by atoms with E-state index >= 15 is 0 Å². The maximum absolute atomic E-state index is 13.2. The van der Waals surface area contributed by atoms with Gasteiger partial charge in [0.25, 0.3) is 5.91 Å². The molecule has 0 aliphatic carbocycles. The normalized spacial score (nSPS) is 21.0. The van der Waals surface area contributed by atoms with E-state index in [9.17, 15) is 9.59 Å². The minimum atomic E-state index is -1.71. The van der Waals surface area contributed by atoms with Crippen LogP contribution in [0.2, 0.25) is 0 Å². The van der Waals surface area contributed by atoms with Gasteiger partial charge in [0, 0.05) is 11.8 Å². The third-order valence-corrected chi connectivity index (χ3v) is 4.93. The van der Waals surface area contributed by atoms with Crippen LogP contribution in [0.3, 0.4) is 0 Å². The first-order valence-corrected chi connectivity index (χ1v) is 8.70. The lowest BCUT2D eigenvalue weighted by molar-refractivity contribution is -0.128. The Morgan fingerprint density at radius 1 is 1.08 bits per heavy atom. The maximum Gasteiger partial charge on any atom is 0.262 e. The van der Waals surface area contributed by atoms with Gasteiger partial charge in [-0.25, -0.2) is 4.98 Å². The number of hydrogen-bond acceptors (Lipinski definition) is 3. The molecule has 0 N–H and O–H groups in total. The number of benzene rings is 1. The number of amides is 1. The maximum atomic E-state index is 13.2. The van der Waals surface area contributed by atoms with E-state index in [0.29, 0.717) is 23.5 Å². The van der Waals surface area contributed by atoms with Gasteiger partial charge < -0.3 is 0 Å². The number of alkyl halides is 1. The van der Waals surface area contributed by atoms with E-state index in [1.54, 1.807) is 36.5 Å². The predicted octanol–water partition coefficient (Wildman–Crippen LogP) is 4.38. The van der Waals surface area contributed by atoms with Crippen LogP contribution in [0.4, 0.5) is 5.82 Å². The predicted molar refractivity (Wildman–Crippen MR) is 99.4 cm³/mol. The Morgan fingerprint density at radius 3 is 2.36 bits per heavy atom. The van der Waals surface area contributed by atoms with Gasteiger partial charge in [0.15, 0.2) is 4.87 Å². The summed E-state index contributed by atoms with van der Waals surface area (Å²) in [7, 11) is 0. The number of rotatable bonds is 4. The molecule has 0 fully saturated rings. The number of anilines is 1. The summed E-state index contributed by atoms with van der Waals surface area (Å²) in [4.78, 5) is 29.9. The number of carbonyl (C=O) groups is 2. The zero-order valence-electron chi connectivity index (χ0n) is 13.6. The molecule has 128 valence electrons. The number of ketones is 1. The molecule has 3 rings (SSSR count). The van der Waals surface area contributed by atoms with Crippen molar-refractivity contribution in [3.63, 3.8) is 0 Å². The van der Waals surface area contributed by atoms with E-state index in [-0.39, 0.29) is 11.5 Å². The lowest BCUT2D eigenvalue weighted by Gasteiger charge is -2.37. The van der Waals surface area contributed by atoms with E-state index in [0.717, 1.165) is 0 Å².